The van der Waals surface area contributed by atoms with Crippen molar-refractivity contribution in [3.05, 3.63) is 20.8 Å². The number of thiophene rings is 1. The van der Waals surface area contributed by atoms with Crippen molar-refractivity contribution in [3.63, 3.8) is 0 Å². The number of amides is 1. The highest BCUT2D eigenvalue weighted by atomic mass is 79.9. The van der Waals surface area contributed by atoms with Crippen molar-refractivity contribution in [2.24, 2.45) is 5.73 Å². The van der Waals surface area contributed by atoms with Gasteiger partial charge in [0.25, 0.3) is 5.91 Å². The van der Waals surface area contributed by atoms with Crippen molar-refractivity contribution in [1.82, 2.24) is 4.90 Å². The summed E-state index contributed by atoms with van der Waals surface area (Å²) in [5.41, 5.74) is 6.54. The summed E-state index contributed by atoms with van der Waals surface area (Å²) in [5.74, 6) is -0.0904. The van der Waals surface area contributed by atoms with Crippen LogP contribution in [0.5, 0.6) is 0 Å². The zero-order valence-electron chi connectivity index (χ0n) is 9.68. The monoisotopic (exact) mass is 342 g/mol. The van der Waals surface area contributed by atoms with E-state index in [4.69, 9.17) is 10.5 Å². The summed E-state index contributed by atoms with van der Waals surface area (Å²) in [6, 6.07) is 2.00. The Morgan fingerprint density at radius 2 is 2.35 bits per heavy atom. The fraction of sp³-hybridized carbons (Fsp3) is 0.500. The fourth-order valence-electron chi connectivity index (χ4n) is 1.32. The number of hydrogen-bond donors (Lipinski definition) is 1. The number of rotatable bonds is 5. The Labute approximate surface area is 120 Å². The lowest BCUT2D eigenvalue weighted by Gasteiger charge is -2.21. The minimum absolute atomic E-state index is 0. The number of hydrogen-bond acceptors (Lipinski definition) is 4. The van der Waals surface area contributed by atoms with Gasteiger partial charge in [-0.05, 0) is 32.9 Å². The number of likely N-dealkylation sites (N-methyl/N-ethyl adjacent to an activating group) is 1. The van der Waals surface area contributed by atoms with E-state index in [2.05, 4.69) is 15.9 Å². The lowest BCUT2D eigenvalue weighted by molar-refractivity contribution is -0.140. The summed E-state index contributed by atoms with van der Waals surface area (Å²) < 4.78 is 6.06. The standard InChI is InChI=1S/C10H15BrN2O2S.ClH/c1-13(10(14)8(4-12)15-2)5-7-3-9(11)16-6-7;/h3,6,8H,4-5,12H2,1-2H3;1H. The quantitative estimate of drug-likeness (QED) is 0.888. The van der Waals surface area contributed by atoms with Gasteiger partial charge in [0.15, 0.2) is 0 Å². The second kappa shape index (κ2) is 8.05. The Hall–Kier alpha value is -0.140. The van der Waals surface area contributed by atoms with Crippen LogP contribution in [0.15, 0.2) is 15.2 Å². The van der Waals surface area contributed by atoms with Crippen LogP contribution >= 0.6 is 39.7 Å². The van der Waals surface area contributed by atoms with Gasteiger partial charge in [-0.25, -0.2) is 0 Å². The van der Waals surface area contributed by atoms with Crippen LogP contribution in [0.3, 0.4) is 0 Å². The van der Waals surface area contributed by atoms with Gasteiger partial charge in [-0.1, -0.05) is 0 Å². The number of nitrogens with two attached hydrogens (primary N) is 1. The molecule has 0 fully saturated rings. The molecule has 0 spiro atoms. The predicted molar refractivity (Wildman–Crippen MR) is 75.6 cm³/mol. The Balaban J connectivity index is 0.00000256. The molecule has 0 aliphatic carbocycles. The lowest BCUT2D eigenvalue weighted by Crippen LogP contribution is -2.41. The Kier molecular flexibility index (Phi) is 7.98. The summed E-state index contributed by atoms with van der Waals surface area (Å²) >= 11 is 4.99. The van der Waals surface area contributed by atoms with E-state index in [9.17, 15) is 4.79 Å². The highest BCUT2D eigenvalue weighted by Gasteiger charge is 2.20. The number of methoxy groups -OCH3 is 1. The molecule has 1 heterocycles. The molecule has 1 aromatic heterocycles. The van der Waals surface area contributed by atoms with Gasteiger partial charge in [0.1, 0.15) is 6.10 Å². The van der Waals surface area contributed by atoms with Crippen LogP contribution in [-0.4, -0.2) is 37.6 Å². The first-order valence-corrected chi connectivity index (χ1v) is 6.46. The maximum absolute atomic E-state index is 11.8. The summed E-state index contributed by atoms with van der Waals surface area (Å²) in [7, 11) is 3.24. The molecular formula is C10H16BrClN2O2S. The topological polar surface area (TPSA) is 55.6 Å². The lowest BCUT2D eigenvalue weighted by atomic mass is 10.2. The molecular weight excluding hydrogens is 328 g/mol. The molecule has 17 heavy (non-hydrogen) atoms. The van der Waals surface area contributed by atoms with Crippen LogP contribution in [0.2, 0.25) is 0 Å². The van der Waals surface area contributed by atoms with Crippen molar-refractivity contribution in [2.45, 2.75) is 12.6 Å². The van der Waals surface area contributed by atoms with Gasteiger partial charge >= 0.3 is 0 Å². The van der Waals surface area contributed by atoms with E-state index in [1.165, 1.54) is 7.11 Å². The van der Waals surface area contributed by atoms with E-state index in [1.807, 2.05) is 11.4 Å². The number of halogens is 2. The maximum atomic E-state index is 11.8. The number of carbonyl (C=O) groups is 1. The fourth-order valence-corrected chi connectivity index (χ4v) is 2.52. The molecule has 1 amide bonds. The first-order valence-electron chi connectivity index (χ1n) is 4.79. The van der Waals surface area contributed by atoms with Gasteiger partial charge in [0, 0.05) is 27.2 Å². The smallest absolute Gasteiger partial charge is 0.253 e. The SMILES string of the molecule is COC(CN)C(=O)N(C)Cc1csc(Br)c1.Cl. The third-order valence-corrected chi connectivity index (χ3v) is 3.75. The molecule has 4 nitrogen and oxygen atoms in total. The average molecular weight is 344 g/mol. The van der Waals surface area contributed by atoms with Gasteiger partial charge < -0.3 is 15.4 Å². The summed E-state index contributed by atoms with van der Waals surface area (Å²) in [6.45, 7) is 0.772. The molecule has 2 N–H and O–H groups in total. The van der Waals surface area contributed by atoms with Gasteiger partial charge in [-0.2, -0.15) is 0 Å². The molecule has 0 radical (unpaired) electrons. The van der Waals surface area contributed by atoms with Crippen molar-refractivity contribution in [2.75, 3.05) is 20.7 Å². The molecule has 0 aliphatic heterocycles. The zero-order valence-corrected chi connectivity index (χ0v) is 12.9. The van der Waals surface area contributed by atoms with Crippen molar-refractivity contribution < 1.29 is 9.53 Å². The Morgan fingerprint density at radius 1 is 1.71 bits per heavy atom. The van der Waals surface area contributed by atoms with Crippen LogP contribution < -0.4 is 5.73 Å². The second-order valence-electron chi connectivity index (χ2n) is 3.41. The van der Waals surface area contributed by atoms with Crippen LogP contribution in [0.25, 0.3) is 0 Å². The van der Waals surface area contributed by atoms with E-state index in [0.29, 0.717) is 6.54 Å². The summed E-state index contributed by atoms with van der Waals surface area (Å²) in [4.78, 5) is 13.4. The Bertz CT molecular complexity index is 358. The predicted octanol–water partition coefficient (Wildman–Crippen LogP) is 1.86. The first-order chi connectivity index (χ1) is 7.58. The molecule has 1 unspecified atom stereocenters. The van der Waals surface area contributed by atoms with Crippen LogP contribution in [0, 0.1) is 0 Å². The number of ether oxygens (including phenoxy) is 1. The Morgan fingerprint density at radius 3 is 2.76 bits per heavy atom. The normalized spacial score (nSPS) is 11.8. The van der Waals surface area contributed by atoms with Crippen LogP contribution in [-0.2, 0) is 16.1 Å². The van der Waals surface area contributed by atoms with E-state index < -0.39 is 6.10 Å². The van der Waals surface area contributed by atoms with Crippen molar-refractivity contribution >= 4 is 45.6 Å². The van der Waals surface area contributed by atoms with Crippen molar-refractivity contribution in [3.8, 4) is 0 Å². The van der Waals surface area contributed by atoms with Gasteiger partial charge in [0.2, 0.25) is 0 Å². The third-order valence-electron chi connectivity index (χ3n) is 2.19. The molecule has 0 aliphatic rings. The molecule has 1 rings (SSSR count). The van der Waals surface area contributed by atoms with E-state index in [0.717, 1.165) is 9.35 Å². The zero-order chi connectivity index (χ0) is 12.1. The molecule has 0 bridgehead atoms. The first kappa shape index (κ1) is 16.9. The molecule has 1 atom stereocenters. The highest BCUT2D eigenvalue weighted by molar-refractivity contribution is 9.11. The van der Waals surface area contributed by atoms with Gasteiger partial charge in [0.05, 0.1) is 3.79 Å². The van der Waals surface area contributed by atoms with Crippen LogP contribution in [0.4, 0.5) is 0 Å². The molecule has 98 valence electrons. The molecule has 1 aromatic rings. The van der Waals surface area contributed by atoms with Gasteiger partial charge in [-0.15, -0.1) is 23.7 Å². The van der Waals surface area contributed by atoms with Gasteiger partial charge in [-0.3, -0.25) is 4.79 Å². The van der Waals surface area contributed by atoms with E-state index in [-0.39, 0.29) is 24.9 Å². The summed E-state index contributed by atoms with van der Waals surface area (Å²) in [6.07, 6.45) is -0.549. The number of nitrogens with zero attached hydrogens (tertiary/aromatic N) is 1. The van der Waals surface area contributed by atoms with E-state index >= 15 is 0 Å². The van der Waals surface area contributed by atoms with Crippen molar-refractivity contribution in [1.29, 1.82) is 0 Å². The minimum atomic E-state index is -0.549. The third kappa shape index (κ3) is 4.93. The second-order valence-corrected chi connectivity index (χ2v) is 5.70. The maximum Gasteiger partial charge on any atom is 0.253 e. The molecule has 0 aromatic carbocycles. The van der Waals surface area contributed by atoms with Crippen LogP contribution in [0.1, 0.15) is 5.56 Å². The summed E-state index contributed by atoms with van der Waals surface area (Å²) in [5, 5.41) is 2.01. The molecule has 0 saturated heterocycles. The highest BCUT2D eigenvalue weighted by Crippen LogP contribution is 2.21. The molecule has 7 heteroatoms. The average Bonchev–Trinajstić information content (AvgIpc) is 2.65. The molecule has 0 saturated carbocycles. The van der Waals surface area contributed by atoms with E-state index in [1.54, 1.807) is 23.3 Å². The number of carbonyl (C=O) groups excluding carboxylic acids is 1. The minimum Gasteiger partial charge on any atom is -0.370 e. The largest absolute Gasteiger partial charge is 0.370 e.